The zero-order valence-corrected chi connectivity index (χ0v) is 6.01. The summed E-state index contributed by atoms with van der Waals surface area (Å²) in [6.07, 6.45) is 11.5. The maximum Gasteiger partial charge on any atom is -0.0639 e. The number of carbonyl (C=O) groups excluding carboxylic acids is 1. The van der Waals surface area contributed by atoms with Gasteiger partial charge in [0.25, 0.3) is 0 Å². The minimum Gasteiger partial charge on any atom is -0.275 e. The third kappa shape index (κ3) is 7.58. The third-order valence-electron chi connectivity index (χ3n) is 0.806. The monoisotopic (exact) mass is 163 g/mol. The summed E-state index contributed by atoms with van der Waals surface area (Å²) in [5.41, 5.74) is 0. The Morgan fingerprint density at radius 3 is 2.44 bits per heavy atom. The first-order valence-corrected chi connectivity index (χ1v) is 3.15. The van der Waals surface area contributed by atoms with Gasteiger partial charge in [0.1, 0.15) is 0 Å². The van der Waals surface area contributed by atoms with E-state index in [9.17, 15) is 0 Å². The van der Waals surface area contributed by atoms with Gasteiger partial charge in [0.15, 0.2) is 0 Å². The number of rotatable bonds is 0. The van der Waals surface area contributed by atoms with Crippen LogP contribution in [0.25, 0.3) is 0 Å². The number of hydrogen-bond acceptors (Lipinski definition) is 1. The Labute approximate surface area is 62.8 Å². The quantitative estimate of drug-likeness (QED) is 0.388. The van der Waals surface area contributed by atoms with Gasteiger partial charge in [-0.25, -0.2) is 12.2 Å². The van der Waals surface area contributed by atoms with E-state index in [1.807, 2.05) is 12.2 Å². The summed E-state index contributed by atoms with van der Waals surface area (Å²) in [4.78, 5) is 9.82. The molecule has 0 bridgehead atoms. The van der Waals surface area contributed by atoms with Crippen LogP contribution < -0.4 is 0 Å². The topological polar surface area (TPSA) is 17.1 Å². The average Bonchev–Trinajstić information content (AvgIpc) is 1.93. The van der Waals surface area contributed by atoms with E-state index in [4.69, 9.17) is 4.79 Å². The normalized spacial score (nSPS) is 13.3. The second-order valence-electron chi connectivity index (χ2n) is 1.41. The Morgan fingerprint density at radius 2 is 2.33 bits per heavy atom. The Kier molecular flexibility index (Phi) is 7.23. The van der Waals surface area contributed by atoms with E-state index < -0.39 is 0 Å². The molecule has 1 rings (SSSR count). The number of hydrogen-bond donors (Lipinski definition) is 0. The molecule has 0 amide bonds. The molecule has 0 saturated carbocycles. The van der Waals surface area contributed by atoms with Crippen molar-refractivity contribution in [2.45, 2.75) is 12.8 Å². The zero-order chi connectivity index (χ0) is 6.95. The molecule has 0 atom stereocenters. The predicted molar refractivity (Wildman–Crippen MR) is 31.9 cm³/mol. The van der Waals surface area contributed by atoms with Crippen molar-refractivity contribution >= 4 is 4.79 Å². The fraction of sp³-hybridized carbons (Fsp3) is 0.286. The van der Waals surface area contributed by atoms with E-state index in [1.54, 1.807) is 0 Å². The van der Waals surface area contributed by atoms with Crippen molar-refractivity contribution in [1.29, 1.82) is 0 Å². The fourth-order valence-electron chi connectivity index (χ4n) is 0.482. The SMILES string of the molecule is O=[C]=[Fe+].[C-]1=CC=CCC1. The zero-order valence-electron chi connectivity index (χ0n) is 4.91. The molecule has 0 fully saturated rings. The largest absolute Gasteiger partial charge is 0.275 e. The molecule has 0 aromatic rings. The first-order chi connectivity index (χ1) is 4.41. The molecule has 0 spiro atoms. The molecule has 0 heterocycles. The van der Waals surface area contributed by atoms with Crippen LogP contribution in [-0.2, 0) is 20.4 Å². The molecule has 0 radical (unpaired) electrons. The van der Waals surface area contributed by atoms with Crippen molar-refractivity contribution in [3.8, 4) is 0 Å². The Balaban J connectivity index is 0.000000187. The molecule has 0 aromatic carbocycles. The van der Waals surface area contributed by atoms with Gasteiger partial charge in [-0.05, 0) is 0 Å². The molecule has 0 N–H and O–H groups in total. The van der Waals surface area contributed by atoms with E-state index in [1.165, 1.54) is 11.2 Å². The van der Waals surface area contributed by atoms with E-state index >= 15 is 0 Å². The fourth-order valence-corrected chi connectivity index (χ4v) is 0.482. The molecule has 2 heteroatoms. The van der Waals surface area contributed by atoms with Crippen LogP contribution in [0.15, 0.2) is 18.2 Å². The van der Waals surface area contributed by atoms with Gasteiger partial charge in [-0.15, -0.1) is 6.42 Å². The van der Waals surface area contributed by atoms with Crippen LogP contribution in [0, 0.1) is 6.08 Å². The van der Waals surface area contributed by atoms with Crippen LogP contribution in [-0.4, -0.2) is 4.79 Å². The van der Waals surface area contributed by atoms with Crippen molar-refractivity contribution in [3.63, 3.8) is 0 Å². The summed E-state index contributed by atoms with van der Waals surface area (Å²) in [5.74, 6) is 0. The molecule has 0 aromatic heterocycles. The van der Waals surface area contributed by atoms with Gasteiger partial charge < -0.3 is 0 Å². The van der Waals surface area contributed by atoms with Crippen LogP contribution in [0.3, 0.4) is 0 Å². The Hall–Kier alpha value is -0.421. The van der Waals surface area contributed by atoms with E-state index in [0.29, 0.717) is 0 Å². The second kappa shape index (κ2) is 7.58. The van der Waals surface area contributed by atoms with Crippen molar-refractivity contribution < 1.29 is 20.4 Å². The molecule has 1 nitrogen and oxygen atoms in total. The number of allylic oxidation sites excluding steroid dienone is 4. The van der Waals surface area contributed by atoms with Gasteiger partial charge in [-0.3, -0.25) is 6.08 Å². The van der Waals surface area contributed by atoms with Crippen molar-refractivity contribution in [1.82, 2.24) is 0 Å². The van der Waals surface area contributed by atoms with Gasteiger partial charge >= 0.3 is 25.2 Å². The minimum absolute atomic E-state index is 1.11. The third-order valence-corrected chi connectivity index (χ3v) is 0.806. The summed E-state index contributed by atoms with van der Waals surface area (Å²) >= 11 is 2.68. The van der Waals surface area contributed by atoms with Crippen LogP contribution in [0.2, 0.25) is 0 Å². The van der Waals surface area contributed by atoms with Gasteiger partial charge in [0.2, 0.25) is 0 Å². The molecule has 0 saturated heterocycles. The Morgan fingerprint density at radius 1 is 1.67 bits per heavy atom. The van der Waals surface area contributed by atoms with E-state index in [2.05, 4.69) is 27.7 Å². The minimum atomic E-state index is 1.11. The van der Waals surface area contributed by atoms with Crippen LogP contribution >= 0.6 is 0 Å². The standard InChI is InChI=1S/C6H7.CO.Fe/c1-2-4-6-5-3-1;1-2;/h1-3H,4,6H2;;/q-1;;+1. The second-order valence-corrected chi connectivity index (χ2v) is 1.64. The summed E-state index contributed by atoms with van der Waals surface area (Å²) in [7, 11) is 0. The van der Waals surface area contributed by atoms with Crippen molar-refractivity contribution in [3.05, 3.63) is 24.3 Å². The van der Waals surface area contributed by atoms with Gasteiger partial charge in [0.05, 0.1) is 0 Å². The summed E-state index contributed by atoms with van der Waals surface area (Å²) in [5, 5.41) is 0. The van der Waals surface area contributed by atoms with Crippen LogP contribution in [0.4, 0.5) is 0 Å². The van der Waals surface area contributed by atoms with Crippen LogP contribution in [0.1, 0.15) is 12.8 Å². The molecular weight excluding hydrogens is 156 g/mol. The van der Waals surface area contributed by atoms with Gasteiger partial charge in [-0.2, -0.15) is 6.08 Å². The summed E-state index contributed by atoms with van der Waals surface area (Å²) in [6.45, 7) is 0. The molecular formula is C7H7FeO. The molecule has 49 valence electrons. The first-order valence-electron chi connectivity index (χ1n) is 2.60. The Bertz CT molecular complexity index is 129. The summed E-state index contributed by atoms with van der Waals surface area (Å²) < 4.78 is 0. The molecule has 9 heavy (non-hydrogen) atoms. The molecule has 1 aliphatic rings. The predicted octanol–water partition coefficient (Wildman–Crippen LogP) is 1.30. The first kappa shape index (κ1) is 8.58. The molecule has 0 aliphatic heterocycles. The van der Waals surface area contributed by atoms with Gasteiger partial charge in [0, 0.05) is 0 Å². The molecule has 1 aliphatic carbocycles. The van der Waals surface area contributed by atoms with Crippen molar-refractivity contribution in [2.24, 2.45) is 0 Å². The maximum atomic E-state index is 8.57. The smallest absolute Gasteiger partial charge is 0.0639 e. The molecule has 0 unspecified atom stereocenters. The van der Waals surface area contributed by atoms with Crippen molar-refractivity contribution in [2.75, 3.05) is 0 Å². The summed E-state index contributed by atoms with van der Waals surface area (Å²) in [6, 6.07) is 0. The van der Waals surface area contributed by atoms with E-state index in [0.717, 1.165) is 6.42 Å². The van der Waals surface area contributed by atoms with E-state index in [-0.39, 0.29) is 0 Å². The maximum absolute atomic E-state index is 8.57. The van der Waals surface area contributed by atoms with Gasteiger partial charge in [-0.1, -0.05) is 6.42 Å². The van der Waals surface area contributed by atoms with Crippen LogP contribution in [0.5, 0.6) is 0 Å². The average molecular weight is 163 g/mol.